The van der Waals surface area contributed by atoms with Crippen LogP contribution in [0.4, 0.5) is 0 Å². The molecule has 0 amide bonds. The number of ether oxygens (including phenoxy) is 1. The lowest BCUT2D eigenvalue weighted by Crippen LogP contribution is -2.57. The van der Waals surface area contributed by atoms with Crippen molar-refractivity contribution in [1.82, 2.24) is 9.97 Å². The number of aryl methyl sites for hydroxylation is 1. The molecule has 1 aromatic rings. The van der Waals surface area contributed by atoms with Gasteiger partial charge in [0.15, 0.2) is 5.69 Å². The number of fused-ring (bicyclic) bond motifs is 2. The van der Waals surface area contributed by atoms with E-state index in [1.807, 2.05) is 0 Å². The molecule has 4 nitrogen and oxygen atoms in total. The highest BCUT2D eigenvalue weighted by molar-refractivity contribution is 6.33. The molecule has 0 radical (unpaired) electrons. The molecule has 114 valence electrons. The zero-order chi connectivity index (χ0) is 15.4. The van der Waals surface area contributed by atoms with Gasteiger partial charge in [-0.05, 0) is 42.9 Å². The van der Waals surface area contributed by atoms with Crippen molar-refractivity contribution in [3.63, 3.8) is 0 Å². The number of carbonyl (C=O) groups is 1. The summed E-state index contributed by atoms with van der Waals surface area (Å²) in [6, 6.07) is 0. The van der Waals surface area contributed by atoms with E-state index in [1.165, 1.54) is 12.6 Å². The fraction of sp³-hybridized carbons (Fsp3) is 0.688. The van der Waals surface area contributed by atoms with Gasteiger partial charge in [-0.3, -0.25) is 0 Å². The normalized spacial score (nSPS) is 33.2. The second kappa shape index (κ2) is 4.94. The highest BCUT2D eigenvalue weighted by atomic mass is 35.5. The minimum Gasteiger partial charge on any atom is -0.457 e. The molecule has 2 bridgehead atoms. The molecular formula is C16H21ClN2O2. The summed E-state index contributed by atoms with van der Waals surface area (Å²) >= 11 is 6.00. The van der Waals surface area contributed by atoms with E-state index in [0.717, 1.165) is 6.42 Å². The Morgan fingerprint density at radius 3 is 2.76 bits per heavy atom. The van der Waals surface area contributed by atoms with Gasteiger partial charge in [-0.25, -0.2) is 14.8 Å². The van der Waals surface area contributed by atoms with Crippen molar-refractivity contribution in [2.24, 2.45) is 23.2 Å². The Labute approximate surface area is 130 Å². The number of esters is 1. The molecule has 4 rings (SSSR count). The predicted octanol–water partition coefficient (Wildman–Crippen LogP) is 3.67. The smallest absolute Gasteiger partial charge is 0.358 e. The van der Waals surface area contributed by atoms with Crippen LogP contribution in [0.3, 0.4) is 0 Å². The summed E-state index contributed by atoms with van der Waals surface area (Å²) in [6.07, 6.45) is 3.62. The van der Waals surface area contributed by atoms with Gasteiger partial charge in [0.25, 0.3) is 0 Å². The molecular weight excluding hydrogens is 288 g/mol. The summed E-state index contributed by atoms with van der Waals surface area (Å²) in [5, 5.41) is 0.250. The first kappa shape index (κ1) is 14.8. The topological polar surface area (TPSA) is 52.1 Å². The second-order valence-electron chi connectivity index (χ2n) is 7.01. The quantitative estimate of drug-likeness (QED) is 0.782. The lowest BCUT2D eigenvalue weighted by Gasteiger charge is -2.61. The molecule has 1 aromatic heterocycles. The van der Waals surface area contributed by atoms with Gasteiger partial charge in [0.1, 0.15) is 11.9 Å². The van der Waals surface area contributed by atoms with E-state index < -0.39 is 5.97 Å². The van der Waals surface area contributed by atoms with E-state index in [9.17, 15) is 4.79 Å². The van der Waals surface area contributed by atoms with Crippen LogP contribution in [0.2, 0.25) is 5.02 Å². The van der Waals surface area contributed by atoms with Crippen molar-refractivity contribution in [1.29, 1.82) is 0 Å². The number of hydrogen-bond acceptors (Lipinski definition) is 4. The summed E-state index contributed by atoms with van der Waals surface area (Å²) in [4.78, 5) is 20.4. The molecule has 21 heavy (non-hydrogen) atoms. The second-order valence-corrected chi connectivity index (χ2v) is 7.42. The number of aromatic nitrogens is 2. The molecule has 3 saturated carbocycles. The van der Waals surface area contributed by atoms with E-state index in [1.54, 1.807) is 6.92 Å². The third-order valence-corrected chi connectivity index (χ3v) is 5.88. The molecule has 0 N–H and O–H groups in total. The van der Waals surface area contributed by atoms with Crippen molar-refractivity contribution in [2.45, 2.75) is 46.6 Å². The Hall–Kier alpha value is -1.16. The molecule has 3 fully saturated rings. The lowest BCUT2D eigenvalue weighted by atomic mass is 9.45. The zero-order valence-electron chi connectivity index (χ0n) is 12.9. The minimum absolute atomic E-state index is 0.0272. The van der Waals surface area contributed by atoms with Crippen molar-refractivity contribution >= 4 is 17.6 Å². The fourth-order valence-electron chi connectivity index (χ4n) is 4.05. The van der Waals surface area contributed by atoms with Gasteiger partial charge < -0.3 is 4.74 Å². The first-order chi connectivity index (χ1) is 9.80. The Morgan fingerprint density at radius 2 is 2.14 bits per heavy atom. The third-order valence-electron chi connectivity index (χ3n) is 5.60. The summed E-state index contributed by atoms with van der Waals surface area (Å²) in [7, 11) is 0. The summed E-state index contributed by atoms with van der Waals surface area (Å²) in [6.45, 7) is 8.57. The summed E-state index contributed by atoms with van der Waals surface area (Å²) in [5.74, 6) is 1.76. The Balaban J connectivity index is 1.73. The van der Waals surface area contributed by atoms with Gasteiger partial charge in [0, 0.05) is 0 Å². The van der Waals surface area contributed by atoms with Crippen LogP contribution >= 0.6 is 11.6 Å². The number of carbonyl (C=O) groups excluding carboxylic acids is 1. The van der Waals surface area contributed by atoms with Crippen LogP contribution in [0.1, 0.15) is 49.9 Å². The van der Waals surface area contributed by atoms with Crippen LogP contribution in [-0.4, -0.2) is 22.0 Å². The molecule has 4 atom stereocenters. The zero-order valence-corrected chi connectivity index (χ0v) is 13.6. The average Bonchev–Trinajstić information content (AvgIpc) is 2.42. The fourth-order valence-corrected chi connectivity index (χ4v) is 4.22. The van der Waals surface area contributed by atoms with Crippen molar-refractivity contribution < 1.29 is 9.53 Å². The molecule has 3 aliphatic carbocycles. The monoisotopic (exact) mass is 308 g/mol. The van der Waals surface area contributed by atoms with Crippen molar-refractivity contribution in [3.8, 4) is 0 Å². The Morgan fingerprint density at radius 1 is 1.43 bits per heavy atom. The van der Waals surface area contributed by atoms with Crippen LogP contribution in [0.15, 0.2) is 6.20 Å². The van der Waals surface area contributed by atoms with E-state index in [4.69, 9.17) is 16.3 Å². The van der Waals surface area contributed by atoms with Gasteiger partial charge in [-0.2, -0.15) is 0 Å². The molecule has 3 aliphatic rings. The largest absolute Gasteiger partial charge is 0.457 e. The standard InChI is InChI=1S/C16H21ClN2O2/c1-8-11-5-10(16(11,3)4)6-13(8)21-15(20)14-12(17)7-18-9(2)19-14/h7-8,10-11,13H,5-6H2,1-4H3/t8-,10+,11-,13-/m0/s1. The number of halogens is 1. The van der Waals surface area contributed by atoms with Crippen LogP contribution in [-0.2, 0) is 4.74 Å². The lowest BCUT2D eigenvalue weighted by molar-refractivity contribution is -0.156. The van der Waals surface area contributed by atoms with Crippen molar-refractivity contribution in [2.75, 3.05) is 0 Å². The van der Waals surface area contributed by atoms with Crippen LogP contribution < -0.4 is 0 Å². The number of hydrogen-bond donors (Lipinski definition) is 0. The minimum atomic E-state index is -0.429. The molecule has 0 spiro atoms. The highest BCUT2D eigenvalue weighted by Crippen LogP contribution is 2.61. The SMILES string of the molecule is Cc1ncc(Cl)c(C(=O)O[C@H]2C[C@H]3C[C@@H]([C@@H]2C)C3(C)C)n1. The predicted molar refractivity (Wildman–Crippen MR) is 80.1 cm³/mol. The molecule has 0 unspecified atom stereocenters. The third kappa shape index (κ3) is 2.33. The van der Waals surface area contributed by atoms with Crippen LogP contribution in [0, 0.1) is 30.1 Å². The van der Waals surface area contributed by atoms with Gasteiger partial charge in [-0.15, -0.1) is 0 Å². The molecule has 0 aliphatic heterocycles. The first-order valence-corrected chi connectivity index (χ1v) is 7.88. The van der Waals surface area contributed by atoms with Crippen molar-refractivity contribution in [3.05, 3.63) is 22.7 Å². The molecule has 0 saturated heterocycles. The van der Waals surface area contributed by atoms with E-state index in [0.29, 0.717) is 29.0 Å². The number of nitrogens with zero attached hydrogens (tertiary/aromatic N) is 2. The Bertz CT molecular complexity index is 588. The number of rotatable bonds is 2. The highest BCUT2D eigenvalue weighted by Gasteiger charge is 2.57. The molecule has 5 heteroatoms. The van der Waals surface area contributed by atoms with Gasteiger partial charge in [0.2, 0.25) is 0 Å². The molecule has 0 aromatic carbocycles. The maximum Gasteiger partial charge on any atom is 0.358 e. The van der Waals surface area contributed by atoms with Gasteiger partial charge in [-0.1, -0.05) is 32.4 Å². The van der Waals surface area contributed by atoms with Crippen LogP contribution in [0.5, 0.6) is 0 Å². The van der Waals surface area contributed by atoms with E-state index in [-0.39, 0.29) is 16.8 Å². The summed E-state index contributed by atoms with van der Waals surface area (Å²) < 4.78 is 5.71. The van der Waals surface area contributed by atoms with Gasteiger partial charge >= 0.3 is 5.97 Å². The van der Waals surface area contributed by atoms with E-state index in [2.05, 4.69) is 30.7 Å². The maximum absolute atomic E-state index is 12.3. The Kier molecular flexibility index (Phi) is 3.47. The van der Waals surface area contributed by atoms with Crippen LogP contribution in [0.25, 0.3) is 0 Å². The summed E-state index contributed by atoms with van der Waals surface area (Å²) in [5.41, 5.74) is 0.556. The average molecular weight is 309 g/mol. The maximum atomic E-state index is 12.3. The van der Waals surface area contributed by atoms with E-state index >= 15 is 0 Å². The van der Waals surface area contributed by atoms with Gasteiger partial charge in [0.05, 0.1) is 11.2 Å². The first-order valence-electron chi connectivity index (χ1n) is 7.50. The molecule has 1 heterocycles.